The Morgan fingerprint density at radius 2 is 2.10 bits per heavy atom. The number of thiophene rings is 1. The first kappa shape index (κ1) is 14.9. The molecule has 21 heavy (non-hydrogen) atoms. The van der Waals surface area contributed by atoms with Gasteiger partial charge in [0.25, 0.3) is 0 Å². The van der Waals surface area contributed by atoms with Gasteiger partial charge in [-0.2, -0.15) is 5.26 Å². The van der Waals surface area contributed by atoms with Crippen molar-refractivity contribution in [2.24, 2.45) is 5.73 Å². The van der Waals surface area contributed by atoms with Crippen LogP contribution in [0.25, 0.3) is 0 Å². The minimum Gasteiger partial charge on any atom is -0.493 e. The van der Waals surface area contributed by atoms with E-state index in [4.69, 9.17) is 20.5 Å². The fourth-order valence-corrected chi connectivity index (χ4v) is 2.41. The van der Waals surface area contributed by atoms with Gasteiger partial charge in [0, 0.05) is 21.9 Å². The molecule has 0 unspecified atom stereocenters. The molecule has 4 nitrogen and oxygen atoms in total. The Morgan fingerprint density at radius 3 is 2.81 bits per heavy atom. The first-order valence-corrected chi connectivity index (χ1v) is 7.12. The van der Waals surface area contributed by atoms with Crippen LogP contribution in [0.5, 0.6) is 11.5 Å². The molecule has 0 spiro atoms. The Bertz CT molecular complexity index is 720. The zero-order chi connectivity index (χ0) is 15.1. The molecule has 0 aliphatic rings. The molecular weight excluding hydrogens is 284 g/mol. The number of nitrogens with zero attached hydrogens (tertiary/aromatic N) is 1. The third-order valence-corrected chi connectivity index (χ3v) is 3.56. The zero-order valence-corrected chi connectivity index (χ0v) is 12.4. The van der Waals surface area contributed by atoms with Gasteiger partial charge in [-0.05, 0) is 18.2 Å². The lowest BCUT2D eigenvalue weighted by Crippen LogP contribution is -1.96. The second-order valence-corrected chi connectivity index (χ2v) is 5.07. The first-order chi connectivity index (χ1) is 10.3. The molecule has 2 aromatic rings. The quantitative estimate of drug-likeness (QED) is 0.881. The molecule has 0 saturated carbocycles. The summed E-state index contributed by atoms with van der Waals surface area (Å²) in [5.74, 6) is 6.96. The molecule has 2 rings (SSSR count). The highest BCUT2D eigenvalue weighted by molar-refractivity contribution is 7.10. The van der Waals surface area contributed by atoms with E-state index in [2.05, 4.69) is 17.9 Å². The summed E-state index contributed by atoms with van der Waals surface area (Å²) in [6.07, 6.45) is 0. The number of rotatable bonds is 4. The van der Waals surface area contributed by atoms with Crippen LogP contribution in [0.4, 0.5) is 0 Å². The first-order valence-electron chi connectivity index (χ1n) is 6.24. The van der Waals surface area contributed by atoms with Gasteiger partial charge < -0.3 is 15.2 Å². The van der Waals surface area contributed by atoms with Crippen LogP contribution >= 0.6 is 11.3 Å². The molecule has 106 valence electrons. The summed E-state index contributed by atoms with van der Waals surface area (Å²) in [6, 6.07) is 9.13. The topological polar surface area (TPSA) is 68.3 Å². The van der Waals surface area contributed by atoms with E-state index in [0.717, 1.165) is 10.4 Å². The lowest BCUT2D eigenvalue weighted by Gasteiger charge is -2.09. The van der Waals surface area contributed by atoms with Crippen LogP contribution in [0.2, 0.25) is 0 Å². The van der Waals surface area contributed by atoms with Gasteiger partial charge in [0.05, 0.1) is 25.3 Å². The number of nitriles is 1. The van der Waals surface area contributed by atoms with Crippen LogP contribution in [-0.2, 0) is 6.61 Å². The lowest BCUT2D eigenvalue weighted by atomic mass is 10.2. The van der Waals surface area contributed by atoms with Gasteiger partial charge in [-0.3, -0.25) is 0 Å². The fourth-order valence-electron chi connectivity index (χ4n) is 1.68. The van der Waals surface area contributed by atoms with Crippen molar-refractivity contribution in [3.8, 4) is 29.4 Å². The molecule has 0 amide bonds. The van der Waals surface area contributed by atoms with Crippen molar-refractivity contribution in [2.75, 3.05) is 13.7 Å². The van der Waals surface area contributed by atoms with Gasteiger partial charge in [0.1, 0.15) is 6.61 Å². The van der Waals surface area contributed by atoms with Crippen molar-refractivity contribution in [3.63, 3.8) is 0 Å². The van der Waals surface area contributed by atoms with E-state index in [1.54, 1.807) is 36.6 Å². The van der Waals surface area contributed by atoms with E-state index in [1.165, 1.54) is 0 Å². The lowest BCUT2D eigenvalue weighted by molar-refractivity contribution is 0.287. The third-order valence-electron chi connectivity index (χ3n) is 2.65. The summed E-state index contributed by atoms with van der Waals surface area (Å²) < 4.78 is 11.0. The highest BCUT2D eigenvalue weighted by Gasteiger charge is 2.07. The second kappa shape index (κ2) is 7.35. The van der Waals surface area contributed by atoms with E-state index >= 15 is 0 Å². The Kier molecular flexibility index (Phi) is 5.22. The summed E-state index contributed by atoms with van der Waals surface area (Å²) in [5.41, 5.74) is 6.82. The number of nitrogens with two attached hydrogens (primary N) is 1. The summed E-state index contributed by atoms with van der Waals surface area (Å²) >= 11 is 1.58. The number of benzene rings is 1. The van der Waals surface area contributed by atoms with Gasteiger partial charge >= 0.3 is 0 Å². The molecule has 0 atom stereocenters. The number of ether oxygens (including phenoxy) is 2. The van der Waals surface area contributed by atoms with Crippen molar-refractivity contribution in [1.29, 1.82) is 5.26 Å². The molecule has 0 aliphatic carbocycles. The van der Waals surface area contributed by atoms with Gasteiger partial charge in [0.15, 0.2) is 11.5 Å². The molecule has 1 aromatic carbocycles. The molecular formula is C16H14N2O2S. The fraction of sp³-hybridized carbons (Fsp3) is 0.188. The van der Waals surface area contributed by atoms with Crippen molar-refractivity contribution >= 4 is 11.3 Å². The predicted octanol–water partition coefficient (Wildman–Crippen LogP) is 2.52. The van der Waals surface area contributed by atoms with Crippen LogP contribution in [0.1, 0.15) is 16.0 Å². The molecule has 0 saturated heterocycles. The largest absolute Gasteiger partial charge is 0.493 e. The van der Waals surface area contributed by atoms with Gasteiger partial charge in [0.2, 0.25) is 0 Å². The van der Waals surface area contributed by atoms with E-state index in [9.17, 15) is 0 Å². The average Bonchev–Trinajstić information content (AvgIpc) is 2.98. The van der Waals surface area contributed by atoms with Crippen molar-refractivity contribution < 1.29 is 9.47 Å². The van der Waals surface area contributed by atoms with Crippen LogP contribution in [-0.4, -0.2) is 13.7 Å². The molecule has 1 heterocycles. The molecule has 0 radical (unpaired) electrons. The monoisotopic (exact) mass is 298 g/mol. The van der Waals surface area contributed by atoms with Gasteiger partial charge in [-0.15, -0.1) is 11.3 Å². The Hall–Kier alpha value is -2.47. The molecule has 1 aromatic heterocycles. The summed E-state index contributed by atoms with van der Waals surface area (Å²) in [5, 5.41) is 10.8. The number of methoxy groups -OCH3 is 1. The van der Waals surface area contributed by atoms with E-state index < -0.39 is 0 Å². The molecule has 0 bridgehead atoms. The summed E-state index contributed by atoms with van der Waals surface area (Å²) in [4.78, 5) is 1.06. The van der Waals surface area contributed by atoms with Gasteiger partial charge in [-0.1, -0.05) is 11.8 Å². The highest BCUT2D eigenvalue weighted by Crippen LogP contribution is 2.29. The standard InChI is InChI=1S/C16H14N2O2S/c1-19-16-8-12(9-18)4-5-15(16)20-10-14-7-13(11-21-14)3-2-6-17/h4-5,7-8,11H,6,10,17H2,1H3. The number of hydrogen-bond acceptors (Lipinski definition) is 5. The molecule has 5 heteroatoms. The smallest absolute Gasteiger partial charge is 0.162 e. The normalized spacial score (nSPS) is 9.38. The van der Waals surface area contributed by atoms with Crippen LogP contribution in [0.3, 0.4) is 0 Å². The van der Waals surface area contributed by atoms with Gasteiger partial charge in [-0.25, -0.2) is 0 Å². The number of hydrogen-bond donors (Lipinski definition) is 1. The van der Waals surface area contributed by atoms with E-state index in [1.807, 2.05) is 11.4 Å². The van der Waals surface area contributed by atoms with Crippen LogP contribution in [0.15, 0.2) is 29.6 Å². The summed E-state index contributed by atoms with van der Waals surface area (Å²) in [7, 11) is 1.55. The van der Waals surface area contributed by atoms with Crippen molar-refractivity contribution in [3.05, 3.63) is 45.6 Å². The second-order valence-electron chi connectivity index (χ2n) is 4.07. The Labute approximate surface area is 127 Å². The maximum Gasteiger partial charge on any atom is 0.162 e. The molecule has 2 N–H and O–H groups in total. The Balaban J connectivity index is 2.06. The zero-order valence-electron chi connectivity index (χ0n) is 11.6. The van der Waals surface area contributed by atoms with Crippen LogP contribution < -0.4 is 15.2 Å². The maximum atomic E-state index is 8.86. The van der Waals surface area contributed by atoms with Crippen molar-refractivity contribution in [2.45, 2.75) is 6.61 Å². The SMILES string of the molecule is COc1cc(C#N)ccc1OCc1cc(C#CCN)cs1. The summed E-state index contributed by atoms with van der Waals surface area (Å²) in [6.45, 7) is 0.779. The van der Waals surface area contributed by atoms with E-state index in [0.29, 0.717) is 30.2 Å². The Morgan fingerprint density at radius 1 is 1.24 bits per heavy atom. The molecule has 0 aliphatic heterocycles. The average molecular weight is 298 g/mol. The highest BCUT2D eigenvalue weighted by atomic mass is 32.1. The van der Waals surface area contributed by atoms with Crippen LogP contribution in [0, 0.1) is 23.2 Å². The van der Waals surface area contributed by atoms with Crippen molar-refractivity contribution in [1.82, 2.24) is 0 Å². The maximum absolute atomic E-state index is 8.86. The minimum atomic E-state index is 0.351. The van der Waals surface area contributed by atoms with E-state index in [-0.39, 0.29) is 0 Å². The predicted molar refractivity (Wildman–Crippen MR) is 82.3 cm³/mol. The third kappa shape index (κ3) is 4.00. The molecule has 0 fully saturated rings. The minimum absolute atomic E-state index is 0.351.